The second-order valence-electron chi connectivity index (χ2n) is 12.2. The normalized spacial score (nSPS) is 12.9. The first-order chi connectivity index (χ1) is 24.1. The maximum absolute atomic E-state index is 13.1. The summed E-state index contributed by atoms with van der Waals surface area (Å²) >= 11 is 4.77. The standard InChI is InChI=1S/C35H60N4O8S3/c1-3-5-9-28(4-2)26-47-34(45)16-24-49-22-13-30(35(46)37-17-8-19-39-20-18-36-27-39)38-31(40)11-7-6-10-29(50-25-15-33(43)44)12-21-48-23-14-32(41)42/h18,20,27-30H,3-17,19,21-26H2,1-2H3,(H,37,46)(H,38,40)(H,41,42)(H,43,44). The molecule has 0 saturated carbocycles. The fourth-order valence-electron chi connectivity index (χ4n) is 4.95. The molecule has 0 saturated heterocycles. The van der Waals surface area contributed by atoms with Crippen molar-refractivity contribution in [3.05, 3.63) is 18.7 Å². The number of nitrogens with one attached hydrogen (secondary N) is 2. The summed E-state index contributed by atoms with van der Waals surface area (Å²) in [7, 11) is 0. The summed E-state index contributed by atoms with van der Waals surface area (Å²) in [6.45, 7) is 5.93. The number of carboxylic acids is 2. The molecule has 0 radical (unpaired) electrons. The van der Waals surface area contributed by atoms with E-state index in [0.29, 0.717) is 61.3 Å². The average molecular weight is 761 g/mol. The zero-order valence-corrected chi connectivity index (χ0v) is 32.4. The van der Waals surface area contributed by atoms with Crippen LogP contribution in [0.3, 0.4) is 0 Å². The van der Waals surface area contributed by atoms with E-state index in [9.17, 15) is 24.0 Å². The molecule has 12 nitrogen and oxygen atoms in total. The van der Waals surface area contributed by atoms with Crippen LogP contribution in [0.5, 0.6) is 0 Å². The van der Waals surface area contributed by atoms with Crippen molar-refractivity contribution < 1.29 is 38.9 Å². The molecule has 0 fully saturated rings. The van der Waals surface area contributed by atoms with Crippen molar-refractivity contribution >= 4 is 65.0 Å². The lowest BCUT2D eigenvalue weighted by Crippen LogP contribution is -2.47. The molecular weight excluding hydrogens is 701 g/mol. The number of aliphatic carboxylic acids is 2. The molecule has 1 aromatic heterocycles. The number of hydrogen-bond donors (Lipinski definition) is 4. The Hall–Kier alpha value is -2.39. The zero-order valence-electron chi connectivity index (χ0n) is 30.0. The number of carboxylic acid groups (broad SMARTS) is 2. The summed E-state index contributed by atoms with van der Waals surface area (Å²) in [6.07, 6.45) is 14.7. The van der Waals surface area contributed by atoms with Crippen molar-refractivity contribution in [3.8, 4) is 0 Å². The third-order valence-corrected chi connectivity index (χ3v) is 11.4. The number of aromatic nitrogens is 2. The highest BCUT2D eigenvalue weighted by molar-refractivity contribution is 8.00. The number of aryl methyl sites for hydroxylation is 1. The van der Waals surface area contributed by atoms with Gasteiger partial charge in [-0.05, 0) is 55.9 Å². The summed E-state index contributed by atoms with van der Waals surface area (Å²) in [5.74, 6) is 1.18. The number of nitrogens with zero attached hydrogens (tertiary/aromatic N) is 2. The van der Waals surface area contributed by atoms with Crippen LogP contribution in [0.2, 0.25) is 0 Å². The molecule has 286 valence electrons. The number of carbonyl (C=O) groups is 5. The number of imidazole rings is 1. The monoisotopic (exact) mass is 760 g/mol. The Morgan fingerprint density at radius 3 is 2.22 bits per heavy atom. The topological polar surface area (TPSA) is 177 Å². The third-order valence-electron chi connectivity index (χ3n) is 8.02. The number of rotatable bonds is 33. The molecule has 3 unspecified atom stereocenters. The van der Waals surface area contributed by atoms with Crippen LogP contribution in [0.15, 0.2) is 18.7 Å². The number of amides is 2. The first-order valence-electron chi connectivity index (χ1n) is 18.0. The maximum atomic E-state index is 13.1. The van der Waals surface area contributed by atoms with Crippen LogP contribution in [0, 0.1) is 5.92 Å². The van der Waals surface area contributed by atoms with Gasteiger partial charge in [-0.15, -0.1) is 0 Å². The van der Waals surface area contributed by atoms with Crippen molar-refractivity contribution in [1.29, 1.82) is 0 Å². The van der Waals surface area contributed by atoms with Crippen molar-refractivity contribution in [3.63, 3.8) is 0 Å². The predicted octanol–water partition coefficient (Wildman–Crippen LogP) is 5.88. The van der Waals surface area contributed by atoms with Crippen molar-refractivity contribution in [1.82, 2.24) is 20.2 Å². The van der Waals surface area contributed by atoms with E-state index < -0.39 is 18.0 Å². The van der Waals surface area contributed by atoms with Crippen molar-refractivity contribution in [2.75, 3.05) is 41.9 Å². The molecule has 0 aliphatic heterocycles. The third kappa shape index (κ3) is 25.5. The predicted molar refractivity (Wildman–Crippen MR) is 204 cm³/mol. The molecule has 50 heavy (non-hydrogen) atoms. The Labute approximate surface area is 311 Å². The molecule has 0 aliphatic carbocycles. The SMILES string of the molecule is CCCCC(CC)COC(=O)CCSCCC(NC(=O)CCCCC(CCSCCC(=O)O)SCCC(=O)O)C(=O)NCCCn1ccnc1. The minimum Gasteiger partial charge on any atom is -0.481 e. The van der Waals surface area contributed by atoms with Crippen molar-refractivity contribution in [2.24, 2.45) is 5.92 Å². The van der Waals surface area contributed by atoms with E-state index >= 15 is 0 Å². The van der Waals surface area contributed by atoms with Gasteiger partial charge in [-0.1, -0.05) is 39.5 Å². The molecule has 1 aromatic rings. The molecule has 0 aromatic carbocycles. The van der Waals surface area contributed by atoms with Crippen LogP contribution < -0.4 is 10.6 Å². The minimum atomic E-state index is -0.834. The number of ether oxygens (including phenoxy) is 1. The summed E-state index contributed by atoms with van der Waals surface area (Å²) in [5.41, 5.74) is 0. The summed E-state index contributed by atoms with van der Waals surface area (Å²) in [5, 5.41) is 24.0. The van der Waals surface area contributed by atoms with Crippen LogP contribution in [0.4, 0.5) is 0 Å². The first kappa shape index (κ1) is 45.6. The summed E-state index contributed by atoms with van der Waals surface area (Å²) in [4.78, 5) is 64.1. The Kier molecular flexibility index (Phi) is 27.6. The van der Waals surface area contributed by atoms with Gasteiger partial charge in [0.15, 0.2) is 0 Å². The summed E-state index contributed by atoms with van der Waals surface area (Å²) in [6, 6.07) is -0.679. The smallest absolute Gasteiger partial charge is 0.306 e. The molecule has 0 aliphatic rings. The van der Waals surface area contributed by atoms with E-state index in [1.54, 1.807) is 47.8 Å². The number of thioether (sulfide) groups is 3. The van der Waals surface area contributed by atoms with E-state index in [4.69, 9.17) is 14.9 Å². The second-order valence-corrected chi connectivity index (χ2v) is 16.1. The van der Waals surface area contributed by atoms with E-state index in [-0.39, 0.29) is 42.3 Å². The van der Waals surface area contributed by atoms with Crippen LogP contribution in [-0.2, 0) is 35.3 Å². The molecule has 3 atom stereocenters. The van der Waals surface area contributed by atoms with Crippen LogP contribution >= 0.6 is 35.3 Å². The fourth-order valence-corrected chi connectivity index (χ4v) is 8.23. The lowest BCUT2D eigenvalue weighted by atomic mass is 10.0. The van der Waals surface area contributed by atoms with Crippen LogP contribution in [0.25, 0.3) is 0 Å². The van der Waals surface area contributed by atoms with Gasteiger partial charge in [0.2, 0.25) is 11.8 Å². The fraction of sp³-hybridized carbons (Fsp3) is 0.771. The van der Waals surface area contributed by atoms with Gasteiger partial charge in [0.25, 0.3) is 0 Å². The minimum absolute atomic E-state index is 0.0869. The summed E-state index contributed by atoms with van der Waals surface area (Å²) < 4.78 is 7.43. The highest BCUT2D eigenvalue weighted by atomic mass is 32.2. The van der Waals surface area contributed by atoms with E-state index in [2.05, 4.69) is 29.5 Å². The largest absolute Gasteiger partial charge is 0.481 e. The number of carbonyl (C=O) groups excluding carboxylic acids is 3. The Morgan fingerprint density at radius 1 is 0.820 bits per heavy atom. The van der Waals surface area contributed by atoms with Crippen LogP contribution in [-0.4, -0.2) is 103 Å². The zero-order chi connectivity index (χ0) is 36.8. The molecule has 1 heterocycles. The van der Waals surface area contributed by atoms with Gasteiger partial charge in [-0.3, -0.25) is 24.0 Å². The quantitative estimate of drug-likeness (QED) is 0.0495. The number of unbranched alkanes of at least 4 members (excludes halogenated alkanes) is 2. The molecular formula is C35H60N4O8S3. The van der Waals surface area contributed by atoms with Gasteiger partial charge in [0.1, 0.15) is 6.04 Å². The molecule has 0 spiro atoms. The number of esters is 1. The van der Waals surface area contributed by atoms with Crippen LogP contribution in [0.1, 0.15) is 104 Å². The Balaban J connectivity index is 2.53. The average Bonchev–Trinajstić information content (AvgIpc) is 3.61. The van der Waals surface area contributed by atoms with E-state index in [1.165, 1.54) is 0 Å². The Morgan fingerprint density at radius 2 is 1.54 bits per heavy atom. The molecule has 4 N–H and O–H groups in total. The first-order valence-corrected chi connectivity index (χ1v) is 21.4. The van der Waals surface area contributed by atoms with Gasteiger partial charge < -0.3 is 30.2 Å². The molecule has 15 heteroatoms. The maximum Gasteiger partial charge on any atom is 0.306 e. The van der Waals surface area contributed by atoms with Gasteiger partial charge in [-0.2, -0.15) is 35.3 Å². The molecule has 0 bridgehead atoms. The van der Waals surface area contributed by atoms with Crippen molar-refractivity contribution in [2.45, 2.75) is 122 Å². The van der Waals surface area contributed by atoms with Gasteiger partial charge in [0.05, 0.1) is 32.2 Å². The van der Waals surface area contributed by atoms with Gasteiger partial charge in [0, 0.05) is 54.4 Å². The molecule has 1 rings (SSSR count). The van der Waals surface area contributed by atoms with Gasteiger partial charge >= 0.3 is 17.9 Å². The van der Waals surface area contributed by atoms with Gasteiger partial charge in [-0.25, -0.2) is 4.98 Å². The van der Waals surface area contributed by atoms with E-state index in [0.717, 1.165) is 63.7 Å². The highest BCUT2D eigenvalue weighted by Gasteiger charge is 2.21. The highest BCUT2D eigenvalue weighted by Crippen LogP contribution is 2.24. The second kappa shape index (κ2) is 30.3. The van der Waals surface area contributed by atoms with E-state index in [1.807, 2.05) is 10.8 Å². The Bertz CT molecular complexity index is 1080. The lowest BCUT2D eigenvalue weighted by molar-refractivity contribution is -0.144. The molecule has 2 amide bonds. The lowest BCUT2D eigenvalue weighted by Gasteiger charge is -2.19. The number of hydrogen-bond acceptors (Lipinski definition) is 10.